The van der Waals surface area contributed by atoms with Crippen molar-refractivity contribution in [2.75, 3.05) is 11.9 Å². The van der Waals surface area contributed by atoms with Crippen molar-refractivity contribution in [3.05, 3.63) is 65.6 Å². The fraction of sp³-hybridized carbons (Fsp3) is 0.150. The molecule has 1 aromatic carbocycles. The van der Waals surface area contributed by atoms with Crippen LogP contribution >= 0.6 is 0 Å². The second-order valence-corrected chi connectivity index (χ2v) is 5.72. The number of rotatable bonds is 5. The standard InChI is InChI=1S/C20H18N4O2/c1-4-11-26-18-8-6-17(7-9-18)22-20(25)16-5-10-19(21-13-16)24-15(3)12-14(2)23-24/h1,5-10,12-13H,11H2,2-3H3,(H,22,25). The van der Waals surface area contributed by atoms with E-state index in [1.807, 2.05) is 19.9 Å². The van der Waals surface area contributed by atoms with Crippen molar-refractivity contribution in [3.63, 3.8) is 0 Å². The molecule has 0 spiro atoms. The number of amides is 1. The molecule has 2 aromatic heterocycles. The zero-order chi connectivity index (χ0) is 18.5. The average molecular weight is 346 g/mol. The molecule has 0 unspecified atom stereocenters. The zero-order valence-electron chi connectivity index (χ0n) is 14.6. The van der Waals surface area contributed by atoms with Crippen molar-refractivity contribution in [3.8, 4) is 23.9 Å². The molecular formula is C20H18N4O2. The van der Waals surface area contributed by atoms with Gasteiger partial charge in [-0.25, -0.2) is 9.67 Å². The summed E-state index contributed by atoms with van der Waals surface area (Å²) < 4.78 is 7.04. The molecule has 0 aliphatic carbocycles. The Morgan fingerprint density at radius 1 is 1.23 bits per heavy atom. The number of benzene rings is 1. The molecule has 2 heterocycles. The third-order valence-electron chi connectivity index (χ3n) is 3.67. The van der Waals surface area contributed by atoms with Crippen LogP contribution in [0.25, 0.3) is 5.82 Å². The van der Waals surface area contributed by atoms with Crippen molar-refractivity contribution >= 4 is 11.6 Å². The number of anilines is 1. The van der Waals surface area contributed by atoms with Gasteiger partial charge in [0.05, 0.1) is 11.3 Å². The van der Waals surface area contributed by atoms with Crippen LogP contribution in [-0.2, 0) is 0 Å². The topological polar surface area (TPSA) is 69.0 Å². The first-order valence-corrected chi connectivity index (χ1v) is 8.04. The maximum Gasteiger partial charge on any atom is 0.257 e. The van der Waals surface area contributed by atoms with Gasteiger partial charge in [0.15, 0.2) is 5.82 Å². The number of carbonyl (C=O) groups excluding carboxylic acids is 1. The van der Waals surface area contributed by atoms with Gasteiger partial charge in [-0.2, -0.15) is 5.10 Å². The summed E-state index contributed by atoms with van der Waals surface area (Å²) in [6, 6.07) is 12.5. The van der Waals surface area contributed by atoms with Crippen LogP contribution in [0.15, 0.2) is 48.7 Å². The van der Waals surface area contributed by atoms with E-state index in [2.05, 4.69) is 21.3 Å². The minimum absolute atomic E-state index is 0.207. The Bertz CT molecular complexity index is 951. The summed E-state index contributed by atoms with van der Waals surface area (Å²) in [5.74, 6) is 3.48. The van der Waals surface area contributed by atoms with Gasteiger partial charge in [0.1, 0.15) is 12.4 Å². The number of ether oxygens (including phenoxy) is 1. The largest absolute Gasteiger partial charge is 0.481 e. The quantitative estimate of drug-likeness (QED) is 0.721. The predicted molar refractivity (Wildman–Crippen MR) is 99.6 cm³/mol. The van der Waals surface area contributed by atoms with Crippen LogP contribution in [0.1, 0.15) is 21.7 Å². The SMILES string of the molecule is C#CCOc1ccc(NC(=O)c2ccc(-n3nc(C)cc3C)nc2)cc1. The fourth-order valence-corrected chi connectivity index (χ4v) is 2.47. The maximum absolute atomic E-state index is 12.4. The highest BCUT2D eigenvalue weighted by Crippen LogP contribution is 2.17. The van der Waals surface area contributed by atoms with E-state index in [9.17, 15) is 4.79 Å². The molecule has 1 amide bonds. The van der Waals surface area contributed by atoms with Gasteiger partial charge in [-0.3, -0.25) is 4.79 Å². The highest BCUT2D eigenvalue weighted by Gasteiger charge is 2.09. The maximum atomic E-state index is 12.4. The Balaban J connectivity index is 1.68. The summed E-state index contributed by atoms with van der Waals surface area (Å²) in [5.41, 5.74) is 3.02. The molecule has 0 saturated carbocycles. The van der Waals surface area contributed by atoms with E-state index in [4.69, 9.17) is 11.2 Å². The molecule has 0 fully saturated rings. The van der Waals surface area contributed by atoms with E-state index < -0.39 is 0 Å². The molecule has 0 aliphatic heterocycles. The van der Waals surface area contributed by atoms with Crippen LogP contribution in [-0.4, -0.2) is 27.3 Å². The third-order valence-corrected chi connectivity index (χ3v) is 3.67. The molecule has 0 saturated heterocycles. The molecule has 0 radical (unpaired) electrons. The number of nitrogens with one attached hydrogen (secondary N) is 1. The summed E-state index contributed by atoms with van der Waals surface area (Å²) >= 11 is 0. The number of terminal acetylenes is 1. The number of aromatic nitrogens is 3. The Morgan fingerprint density at radius 3 is 2.58 bits per heavy atom. The van der Waals surface area contributed by atoms with Gasteiger partial charge in [0.2, 0.25) is 0 Å². The molecule has 0 atom stereocenters. The van der Waals surface area contributed by atoms with Crippen LogP contribution in [0.2, 0.25) is 0 Å². The molecule has 6 nitrogen and oxygen atoms in total. The zero-order valence-corrected chi connectivity index (χ0v) is 14.6. The van der Waals surface area contributed by atoms with Gasteiger partial charge >= 0.3 is 0 Å². The first-order chi connectivity index (χ1) is 12.6. The second-order valence-electron chi connectivity index (χ2n) is 5.72. The summed E-state index contributed by atoms with van der Waals surface area (Å²) in [6.07, 6.45) is 6.68. The average Bonchev–Trinajstić information content (AvgIpc) is 2.99. The van der Waals surface area contributed by atoms with Crippen molar-refractivity contribution < 1.29 is 9.53 Å². The molecule has 130 valence electrons. The van der Waals surface area contributed by atoms with Crippen LogP contribution in [0, 0.1) is 26.2 Å². The van der Waals surface area contributed by atoms with E-state index in [0.29, 0.717) is 22.8 Å². The van der Waals surface area contributed by atoms with Crippen molar-refractivity contribution in [1.29, 1.82) is 0 Å². The Morgan fingerprint density at radius 2 is 2.00 bits per heavy atom. The Hall–Kier alpha value is -3.59. The summed E-state index contributed by atoms with van der Waals surface area (Å²) in [7, 11) is 0. The van der Waals surface area contributed by atoms with Crippen molar-refractivity contribution in [2.45, 2.75) is 13.8 Å². The number of aryl methyl sites for hydroxylation is 2. The van der Waals surface area contributed by atoms with Gasteiger partial charge in [0.25, 0.3) is 5.91 Å². The molecule has 1 N–H and O–H groups in total. The monoisotopic (exact) mass is 346 g/mol. The summed E-state index contributed by atoms with van der Waals surface area (Å²) in [4.78, 5) is 16.7. The Kier molecular flexibility index (Phi) is 4.99. The molecule has 3 rings (SSSR count). The predicted octanol–water partition coefficient (Wildman–Crippen LogP) is 3.15. The van der Waals surface area contributed by atoms with Crippen molar-refractivity contribution in [2.24, 2.45) is 0 Å². The number of hydrogen-bond acceptors (Lipinski definition) is 4. The molecule has 3 aromatic rings. The van der Waals surface area contributed by atoms with Gasteiger partial charge in [-0.15, -0.1) is 6.42 Å². The number of carbonyl (C=O) groups is 1. The first kappa shape index (κ1) is 17.2. The molecule has 0 aliphatic rings. The molecule has 0 bridgehead atoms. The van der Waals surface area contributed by atoms with Crippen LogP contribution in [0.4, 0.5) is 5.69 Å². The highest BCUT2D eigenvalue weighted by atomic mass is 16.5. The molecule has 26 heavy (non-hydrogen) atoms. The smallest absolute Gasteiger partial charge is 0.257 e. The van der Waals surface area contributed by atoms with Gasteiger partial charge in [-0.1, -0.05) is 5.92 Å². The van der Waals surface area contributed by atoms with Crippen LogP contribution in [0.5, 0.6) is 5.75 Å². The number of pyridine rings is 1. The van der Waals surface area contributed by atoms with Crippen molar-refractivity contribution in [1.82, 2.24) is 14.8 Å². The van der Waals surface area contributed by atoms with E-state index >= 15 is 0 Å². The van der Waals surface area contributed by atoms with Crippen LogP contribution < -0.4 is 10.1 Å². The minimum atomic E-state index is -0.241. The van der Waals surface area contributed by atoms with Gasteiger partial charge < -0.3 is 10.1 Å². The summed E-state index contributed by atoms with van der Waals surface area (Å²) in [6.45, 7) is 4.09. The molecular weight excluding hydrogens is 328 g/mol. The summed E-state index contributed by atoms with van der Waals surface area (Å²) in [5, 5.41) is 7.20. The number of hydrogen-bond donors (Lipinski definition) is 1. The minimum Gasteiger partial charge on any atom is -0.481 e. The lowest BCUT2D eigenvalue weighted by Crippen LogP contribution is -2.13. The van der Waals surface area contributed by atoms with E-state index in [1.54, 1.807) is 41.1 Å². The number of nitrogens with zero attached hydrogens (tertiary/aromatic N) is 3. The third kappa shape index (κ3) is 3.90. The van der Waals surface area contributed by atoms with E-state index in [0.717, 1.165) is 11.4 Å². The van der Waals surface area contributed by atoms with Gasteiger partial charge in [-0.05, 0) is 56.3 Å². The normalized spacial score (nSPS) is 10.2. The van der Waals surface area contributed by atoms with Gasteiger partial charge in [0, 0.05) is 17.6 Å². The lowest BCUT2D eigenvalue weighted by Gasteiger charge is -2.08. The van der Waals surface area contributed by atoms with E-state index in [1.165, 1.54) is 6.20 Å². The fourth-order valence-electron chi connectivity index (χ4n) is 2.47. The Labute approximate surface area is 151 Å². The highest BCUT2D eigenvalue weighted by molar-refractivity contribution is 6.04. The van der Waals surface area contributed by atoms with Crippen LogP contribution in [0.3, 0.4) is 0 Å². The second kappa shape index (κ2) is 7.53. The lowest BCUT2D eigenvalue weighted by atomic mass is 10.2. The lowest BCUT2D eigenvalue weighted by molar-refractivity contribution is 0.102. The first-order valence-electron chi connectivity index (χ1n) is 8.04. The van der Waals surface area contributed by atoms with E-state index in [-0.39, 0.29) is 12.5 Å². The molecule has 6 heteroatoms.